The molecule has 1 aromatic carbocycles. The molecule has 0 spiro atoms. The van der Waals surface area contributed by atoms with Crippen molar-refractivity contribution >= 4 is 0 Å². The number of nitrogens with one attached hydrogen (secondary N) is 1. The lowest BCUT2D eigenvalue weighted by Gasteiger charge is -2.35. The molecule has 0 radical (unpaired) electrons. The number of aryl methyl sites for hydroxylation is 2. The van der Waals surface area contributed by atoms with Crippen molar-refractivity contribution in [3.63, 3.8) is 0 Å². The van der Waals surface area contributed by atoms with Crippen LogP contribution in [0.2, 0.25) is 0 Å². The Morgan fingerprint density at radius 1 is 1.24 bits per heavy atom. The third-order valence-electron chi connectivity index (χ3n) is 4.94. The van der Waals surface area contributed by atoms with Crippen LogP contribution in [0.25, 0.3) is 0 Å². The first-order valence-electron chi connectivity index (χ1n) is 8.27. The zero-order valence-corrected chi connectivity index (χ0v) is 14.3. The molecule has 1 aliphatic carbocycles. The Labute approximate surface area is 130 Å². The van der Waals surface area contributed by atoms with Gasteiger partial charge in [-0.05, 0) is 63.1 Å². The maximum absolute atomic E-state index is 6.22. The van der Waals surface area contributed by atoms with Crippen LogP contribution in [-0.2, 0) is 4.74 Å². The molecule has 0 aromatic heterocycles. The Kier molecular flexibility index (Phi) is 5.45. The van der Waals surface area contributed by atoms with Gasteiger partial charge in [0.15, 0.2) is 0 Å². The minimum Gasteiger partial charge on any atom is -0.376 e. The Hall–Kier alpha value is -0.860. The van der Waals surface area contributed by atoms with Crippen LogP contribution in [0.3, 0.4) is 0 Å². The fourth-order valence-electron chi connectivity index (χ4n) is 3.24. The van der Waals surface area contributed by atoms with Crippen LogP contribution >= 0.6 is 0 Å². The average molecular weight is 289 g/mol. The van der Waals surface area contributed by atoms with E-state index < -0.39 is 0 Å². The summed E-state index contributed by atoms with van der Waals surface area (Å²) in [5, 5.41) is 3.42. The van der Waals surface area contributed by atoms with E-state index in [9.17, 15) is 0 Å². The molecule has 1 aromatic rings. The minimum atomic E-state index is 0.292. The minimum absolute atomic E-state index is 0.292. The summed E-state index contributed by atoms with van der Waals surface area (Å²) in [6, 6.07) is 6.96. The van der Waals surface area contributed by atoms with Crippen molar-refractivity contribution in [2.75, 3.05) is 13.7 Å². The van der Waals surface area contributed by atoms with Crippen molar-refractivity contribution in [3.8, 4) is 0 Å². The molecule has 1 fully saturated rings. The molecule has 1 atom stereocenters. The fraction of sp³-hybridized carbons (Fsp3) is 0.684. The second-order valence-corrected chi connectivity index (χ2v) is 7.40. The number of likely N-dealkylation sites (N-methyl/N-ethyl adjacent to an activating group) is 1. The van der Waals surface area contributed by atoms with Crippen molar-refractivity contribution in [2.24, 2.45) is 5.41 Å². The zero-order valence-electron chi connectivity index (χ0n) is 14.3. The summed E-state index contributed by atoms with van der Waals surface area (Å²) < 4.78 is 6.22. The number of hydrogen-bond donors (Lipinski definition) is 1. The third-order valence-corrected chi connectivity index (χ3v) is 4.94. The Morgan fingerprint density at radius 3 is 2.52 bits per heavy atom. The van der Waals surface area contributed by atoms with E-state index in [-0.39, 0.29) is 0 Å². The molecule has 0 aliphatic heterocycles. The van der Waals surface area contributed by atoms with E-state index in [1.54, 1.807) is 0 Å². The molecule has 0 saturated heterocycles. The molecular weight excluding hydrogens is 258 g/mol. The quantitative estimate of drug-likeness (QED) is 0.858. The molecule has 1 N–H and O–H groups in total. The molecule has 0 heterocycles. The topological polar surface area (TPSA) is 21.3 Å². The maximum Gasteiger partial charge on any atom is 0.0665 e. The zero-order chi connectivity index (χ0) is 15.5. The highest BCUT2D eigenvalue weighted by Crippen LogP contribution is 2.36. The Balaban J connectivity index is 1.93. The summed E-state index contributed by atoms with van der Waals surface area (Å²) in [6.45, 7) is 9.85. The lowest BCUT2D eigenvalue weighted by atomic mass is 9.76. The highest BCUT2D eigenvalue weighted by Gasteiger charge is 2.27. The van der Waals surface area contributed by atoms with E-state index >= 15 is 0 Å². The van der Waals surface area contributed by atoms with Gasteiger partial charge in [-0.15, -0.1) is 0 Å². The van der Waals surface area contributed by atoms with Gasteiger partial charge in [-0.25, -0.2) is 0 Å². The van der Waals surface area contributed by atoms with E-state index in [1.165, 1.54) is 42.4 Å². The van der Waals surface area contributed by atoms with E-state index in [0.29, 0.717) is 17.6 Å². The van der Waals surface area contributed by atoms with Gasteiger partial charge in [0.05, 0.1) is 18.8 Å². The Morgan fingerprint density at radius 2 is 1.90 bits per heavy atom. The standard InChI is InChI=1S/C19H31NO/c1-14-6-7-15(2)17(12-14)18(20-5)13-21-16-8-10-19(3,4)11-9-16/h6-7,12,16,18,20H,8-11,13H2,1-5H3. The van der Waals surface area contributed by atoms with Crippen molar-refractivity contribution < 1.29 is 4.74 Å². The van der Waals surface area contributed by atoms with E-state index in [4.69, 9.17) is 4.74 Å². The van der Waals surface area contributed by atoms with Crippen molar-refractivity contribution in [1.29, 1.82) is 0 Å². The van der Waals surface area contributed by atoms with Gasteiger partial charge in [-0.3, -0.25) is 0 Å². The van der Waals surface area contributed by atoms with Crippen molar-refractivity contribution in [1.82, 2.24) is 5.32 Å². The van der Waals surface area contributed by atoms with Gasteiger partial charge in [0.1, 0.15) is 0 Å². The molecule has 118 valence electrons. The van der Waals surface area contributed by atoms with Gasteiger partial charge in [-0.2, -0.15) is 0 Å². The van der Waals surface area contributed by atoms with Crippen molar-refractivity contribution in [3.05, 3.63) is 34.9 Å². The summed E-state index contributed by atoms with van der Waals surface area (Å²) >= 11 is 0. The Bertz CT molecular complexity index is 457. The number of rotatable bonds is 5. The molecule has 1 saturated carbocycles. The smallest absolute Gasteiger partial charge is 0.0665 e. The van der Waals surface area contributed by atoms with Crippen LogP contribution in [0.4, 0.5) is 0 Å². The first-order valence-corrected chi connectivity index (χ1v) is 8.27. The van der Waals surface area contributed by atoms with Gasteiger partial charge in [-0.1, -0.05) is 37.6 Å². The first kappa shape index (κ1) is 16.5. The normalized spacial score (nSPS) is 20.4. The highest BCUT2D eigenvalue weighted by atomic mass is 16.5. The van der Waals surface area contributed by atoms with Crippen molar-refractivity contribution in [2.45, 2.75) is 65.5 Å². The monoisotopic (exact) mass is 289 g/mol. The molecule has 0 amide bonds. The molecule has 2 nitrogen and oxygen atoms in total. The summed E-state index contributed by atoms with van der Waals surface area (Å²) in [4.78, 5) is 0. The molecule has 1 unspecified atom stereocenters. The summed E-state index contributed by atoms with van der Waals surface area (Å²) in [7, 11) is 2.03. The van der Waals surface area contributed by atoms with E-state index in [0.717, 1.165) is 6.61 Å². The molecule has 0 bridgehead atoms. The summed E-state index contributed by atoms with van der Waals surface area (Å²) in [6.07, 6.45) is 5.42. The van der Waals surface area contributed by atoms with Crippen LogP contribution in [-0.4, -0.2) is 19.8 Å². The molecule has 21 heavy (non-hydrogen) atoms. The molecule has 2 heteroatoms. The number of hydrogen-bond acceptors (Lipinski definition) is 2. The van der Waals surface area contributed by atoms with Gasteiger partial charge in [0, 0.05) is 0 Å². The van der Waals surface area contributed by atoms with Crippen LogP contribution in [0.15, 0.2) is 18.2 Å². The van der Waals surface area contributed by atoms with Crippen LogP contribution in [0.1, 0.15) is 62.3 Å². The SMILES string of the molecule is CNC(COC1CCC(C)(C)CC1)c1cc(C)ccc1C. The lowest BCUT2D eigenvalue weighted by molar-refractivity contribution is -0.00510. The van der Waals surface area contributed by atoms with Gasteiger partial charge < -0.3 is 10.1 Å². The highest BCUT2D eigenvalue weighted by molar-refractivity contribution is 5.33. The lowest BCUT2D eigenvalue weighted by Crippen LogP contribution is -2.30. The third kappa shape index (κ3) is 4.55. The van der Waals surface area contributed by atoms with Crippen LogP contribution < -0.4 is 5.32 Å². The maximum atomic E-state index is 6.22. The predicted molar refractivity (Wildman–Crippen MR) is 89.7 cm³/mol. The van der Waals surface area contributed by atoms with Gasteiger partial charge >= 0.3 is 0 Å². The summed E-state index contributed by atoms with van der Waals surface area (Å²) in [5.74, 6) is 0. The molecular formula is C19H31NO. The second kappa shape index (κ2) is 6.93. The molecule has 1 aliphatic rings. The summed E-state index contributed by atoms with van der Waals surface area (Å²) in [5.41, 5.74) is 4.53. The van der Waals surface area contributed by atoms with Gasteiger partial charge in [0.2, 0.25) is 0 Å². The first-order chi connectivity index (χ1) is 9.91. The average Bonchev–Trinajstić information content (AvgIpc) is 2.44. The second-order valence-electron chi connectivity index (χ2n) is 7.40. The van der Waals surface area contributed by atoms with E-state index in [1.807, 2.05) is 7.05 Å². The van der Waals surface area contributed by atoms with E-state index in [2.05, 4.69) is 51.2 Å². The number of ether oxygens (including phenoxy) is 1. The van der Waals surface area contributed by atoms with Gasteiger partial charge in [0.25, 0.3) is 0 Å². The predicted octanol–water partition coefficient (Wildman–Crippen LogP) is 4.55. The molecule has 2 rings (SSSR count). The largest absolute Gasteiger partial charge is 0.376 e. The fourth-order valence-corrected chi connectivity index (χ4v) is 3.24. The number of benzene rings is 1. The van der Waals surface area contributed by atoms with Crippen LogP contribution in [0, 0.1) is 19.3 Å². The van der Waals surface area contributed by atoms with Crippen LogP contribution in [0.5, 0.6) is 0 Å².